The number of nitrogens with two attached hydrogens (primary N) is 1. The van der Waals surface area contributed by atoms with E-state index in [0.717, 1.165) is 36.9 Å². The number of nitrogens with zero attached hydrogens (tertiary/aromatic N) is 1. The number of fused-ring (bicyclic) bond motifs is 3. The van der Waals surface area contributed by atoms with Gasteiger partial charge in [-0.2, -0.15) is 0 Å². The summed E-state index contributed by atoms with van der Waals surface area (Å²) >= 11 is 0. The topological polar surface area (TPSA) is 47.7 Å². The summed E-state index contributed by atoms with van der Waals surface area (Å²) in [6.45, 7) is 3.17. The van der Waals surface area contributed by atoms with Crippen LogP contribution >= 0.6 is 0 Å². The van der Waals surface area contributed by atoms with Gasteiger partial charge in [0.15, 0.2) is 0 Å². The largest absolute Gasteiger partial charge is 0.489 e. The maximum absolute atomic E-state index is 5.73. The van der Waals surface area contributed by atoms with E-state index in [4.69, 9.17) is 15.2 Å². The van der Waals surface area contributed by atoms with Crippen LogP contribution in [0.1, 0.15) is 0 Å². The van der Waals surface area contributed by atoms with Crippen molar-refractivity contribution in [3.8, 4) is 5.75 Å². The molecule has 2 aliphatic rings. The van der Waals surface area contributed by atoms with Crippen LogP contribution in [-0.2, 0) is 4.74 Å². The first-order chi connectivity index (χ1) is 7.34. The molecule has 1 aromatic rings. The number of ether oxygens (including phenoxy) is 2. The monoisotopic (exact) mass is 206 g/mol. The number of nitrogen functional groups attached to an aromatic ring is 1. The van der Waals surface area contributed by atoms with E-state index in [0.29, 0.717) is 12.6 Å². The molecule has 1 saturated heterocycles. The minimum Gasteiger partial charge on any atom is -0.489 e. The Kier molecular flexibility index (Phi) is 1.95. The zero-order valence-electron chi connectivity index (χ0n) is 8.48. The molecule has 0 spiro atoms. The molecule has 0 saturated carbocycles. The molecule has 1 aromatic carbocycles. The normalized spacial score (nSPS) is 24.0. The fourth-order valence-electron chi connectivity index (χ4n) is 2.18. The van der Waals surface area contributed by atoms with Crippen molar-refractivity contribution in [2.24, 2.45) is 0 Å². The van der Waals surface area contributed by atoms with Gasteiger partial charge in [-0.15, -0.1) is 0 Å². The van der Waals surface area contributed by atoms with Crippen molar-refractivity contribution in [1.82, 2.24) is 0 Å². The molecule has 0 aliphatic carbocycles. The second-order valence-electron chi connectivity index (χ2n) is 3.96. The van der Waals surface area contributed by atoms with E-state index in [9.17, 15) is 0 Å². The van der Waals surface area contributed by atoms with Gasteiger partial charge in [-0.3, -0.25) is 0 Å². The first-order valence-electron chi connectivity index (χ1n) is 5.21. The molecule has 2 aliphatic heterocycles. The summed E-state index contributed by atoms with van der Waals surface area (Å²) in [7, 11) is 0. The van der Waals surface area contributed by atoms with Crippen molar-refractivity contribution in [3.63, 3.8) is 0 Å². The SMILES string of the molecule is Nc1ccc2c(c1)OCC1COCCN21. The Morgan fingerprint density at radius 1 is 1.33 bits per heavy atom. The Balaban J connectivity index is 1.99. The zero-order chi connectivity index (χ0) is 10.3. The van der Waals surface area contributed by atoms with Crippen molar-refractivity contribution in [2.75, 3.05) is 37.0 Å². The number of hydrogen-bond acceptors (Lipinski definition) is 4. The molecule has 4 nitrogen and oxygen atoms in total. The highest BCUT2D eigenvalue weighted by Crippen LogP contribution is 2.36. The number of anilines is 2. The lowest BCUT2D eigenvalue weighted by Crippen LogP contribution is -2.51. The highest BCUT2D eigenvalue weighted by molar-refractivity contribution is 5.65. The van der Waals surface area contributed by atoms with Gasteiger partial charge in [-0.1, -0.05) is 0 Å². The van der Waals surface area contributed by atoms with Crippen LogP contribution < -0.4 is 15.4 Å². The summed E-state index contributed by atoms with van der Waals surface area (Å²) in [5, 5.41) is 0. The fourth-order valence-corrected chi connectivity index (χ4v) is 2.18. The number of morpholine rings is 1. The predicted octanol–water partition coefficient (Wildman–Crippen LogP) is 0.866. The third-order valence-electron chi connectivity index (χ3n) is 2.95. The van der Waals surface area contributed by atoms with E-state index in [1.54, 1.807) is 0 Å². The van der Waals surface area contributed by atoms with E-state index in [1.807, 2.05) is 18.2 Å². The lowest BCUT2D eigenvalue weighted by Gasteiger charge is -2.41. The average molecular weight is 206 g/mol. The maximum atomic E-state index is 5.73. The smallest absolute Gasteiger partial charge is 0.144 e. The predicted molar refractivity (Wildman–Crippen MR) is 58.3 cm³/mol. The van der Waals surface area contributed by atoms with Gasteiger partial charge in [0.2, 0.25) is 0 Å². The van der Waals surface area contributed by atoms with Crippen molar-refractivity contribution in [3.05, 3.63) is 18.2 Å². The van der Waals surface area contributed by atoms with Gasteiger partial charge in [0.1, 0.15) is 12.4 Å². The second-order valence-corrected chi connectivity index (χ2v) is 3.96. The lowest BCUT2D eigenvalue weighted by molar-refractivity contribution is 0.0705. The summed E-state index contributed by atoms with van der Waals surface area (Å²) in [6.07, 6.45) is 0. The van der Waals surface area contributed by atoms with Gasteiger partial charge in [-0.05, 0) is 12.1 Å². The van der Waals surface area contributed by atoms with E-state index < -0.39 is 0 Å². The Morgan fingerprint density at radius 3 is 3.20 bits per heavy atom. The van der Waals surface area contributed by atoms with Crippen LogP contribution in [0.15, 0.2) is 18.2 Å². The van der Waals surface area contributed by atoms with Crippen molar-refractivity contribution >= 4 is 11.4 Å². The van der Waals surface area contributed by atoms with Gasteiger partial charge in [0.25, 0.3) is 0 Å². The summed E-state index contributed by atoms with van der Waals surface area (Å²) < 4.78 is 11.1. The van der Waals surface area contributed by atoms with Gasteiger partial charge in [0.05, 0.1) is 24.9 Å². The molecule has 0 radical (unpaired) electrons. The third kappa shape index (κ3) is 1.41. The van der Waals surface area contributed by atoms with E-state index >= 15 is 0 Å². The Morgan fingerprint density at radius 2 is 2.27 bits per heavy atom. The molecular weight excluding hydrogens is 192 g/mol. The second kappa shape index (κ2) is 3.31. The maximum Gasteiger partial charge on any atom is 0.144 e. The Labute approximate surface area is 88.6 Å². The highest BCUT2D eigenvalue weighted by Gasteiger charge is 2.30. The van der Waals surface area contributed by atoms with Crippen molar-refractivity contribution in [1.29, 1.82) is 0 Å². The van der Waals surface area contributed by atoms with Crippen molar-refractivity contribution < 1.29 is 9.47 Å². The summed E-state index contributed by atoms with van der Waals surface area (Å²) in [5.41, 5.74) is 7.62. The van der Waals surface area contributed by atoms with Gasteiger partial charge in [-0.25, -0.2) is 0 Å². The molecule has 1 atom stereocenters. The van der Waals surface area contributed by atoms with Gasteiger partial charge in [0, 0.05) is 18.3 Å². The molecule has 4 heteroatoms. The van der Waals surface area contributed by atoms with E-state index in [2.05, 4.69) is 4.90 Å². The lowest BCUT2D eigenvalue weighted by atomic mass is 10.1. The van der Waals surface area contributed by atoms with Gasteiger partial charge < -0.3 is 20.1 Å². The molecule has 0 bridgehead atoms. The van der Waals surface area contributed by atoms with Crippen LogP contribution in [0.25, 0.3) is 0 Å². The first kappa shape index (κ1) is 8.85. The van der Waals surface area contributed by atoms with E-state index in [1.165, 1.54) is 0 Å². The molecule has 1 fully saturated rings. The number of rotatable bonds is 0. The molecule has 80 valence electrons. The average Bonchev–Trinajstić information content (AvgIpc) is 2.28. The quantitative estimate of drug-likeness (QED) is 0.640. The standard InChI is InChI=1S/C11H14N2O2/c12-8-1-2-10-11(5-8)15-7-9-6-14-4-3-13(9)10/h1-2,5,9H,3-4,6-7,12H2. The summed E-state index contributed by atoms with van der Waals surface area (Å²) in [6, 6.07) is 6.19. The van der Waals surface area contributed by atoms with Crippen LogP contribution in [0.5, 0.6) is 5.75 Å². The summed E-state index contributed by atoms with van der Waals surface area (Å²) in [5.74, 6) is 0.896. The molecular formula is C11H14N2O2. The molecule has 2 N–H and O–H groups in total. The zero-order valence-corrected chi connectivity index (χ0v) is 8.48. The first-order valence-corrected chi connectivity index (χ1v) is 5.21. The molecule has 0 aromatic heterocycles. The minimum absolute atomic E-state index is 0.356. The Hall–Kier alpha value is -1.42. The summed E-state index contributed by atoms with van der Waals surface area (Å²) in [4.78, 5) is 2.35. The highest BCUT2D eigenvalue weighted by atomic mass is 16.5. The van der Waals surface area contributed by atoms with Crippen LogP contribution in [0.3, 0.4) is 0 Å². The Bertz CT molecular complexity index is 381. The minimum atomic E-state index is 0.356. The van der Waals surface area contributed by atoms with Crippen LogP contribution in [-0.4, -0.2) is 32.4 Å². The fraction of sp³-hybridized carbons (Fsp3) is 0.455. The molecule has 0 amide bonds. The van der Waals surface area contributed by atoms with Crippen molar-refractivity contribution in [2.45, 2.75) is 6.04 Å². The van der Waals surface area contributed by atoms with Gasteiger partial charge >= 0.3 is 0 Å². The third-order valence-corrected chi connectivity index (χ3v) is 2.95. The number of benzene rings is 1. The van der Waals surface area contributed by atoms with E-state index in [-0.39, 0.29) is 0 Å². The molecule has 1 unspecified atom stereocenters. The van der Waals surface area contributed by atoms with Crippen LogP contribution in [0.4, 0.5) is 11.4 Å². The molecule has 15 heavy (non-hydrogen) atoms. The van der Waals surface area contributed by atoms with Crippen LogP contribution in [0, 0.1) is 0 Å². The molecule has 2 heterocycles. The van der Waals surface area contributed by atoms with Crippen LogP contribution in [0.2, 0.25) is 0 Å². The molecule has 3 rings (SSSR count). The number of hydrogen-bond donors (Lipinski definition) is 1.